The Morgan fingerprint density at radius 3 is 2.59 bits per heavy atom. The molecule has 4 heteroatoms. The standard InChI is InChI=1S/C13H10BrClFN/c14-12-7-9(15)4-5-11(12)13(17)8-2-1-3-10(16)6-8/h1-7,13H,17H2. The van der Waals surface area contributed by atoms with Crippen LogP contribution in [0, 0.1) is 5.82 Å². The highest BCUT2D eigenvalue weighted by Gasteiger charge is 2.12. The van der Waals surface area contributed by atoms with Crippen LogP contribution in [-0.2, 0) is 0 Å². The summed E-state index contributed by atoms with van der Waals surface area (Å²) in [5, 5.41) is 0.632. The van der Waals surface area contributed by atoms with Gasteiger partial charge in [-0.15, -0.1) is 0 Å². The van der Waals surface area contributed by atoms with Crippen LogP contribution in [-0.4, -0.2) is 0 Å². The van der Waals surface area contributed by atoms with Crippen LogP contribution in [0.25, 0.3) is 0 Å². The molecular formula is C13H10BrClFN. The molecule has 88 valence electrons. The van der Waals surface area contributed by atoms with Gasteiger partial charge < -0.3 is 5.73 Å². The molecule has 0 fully saturated rings. The fourth-order valence-corrected chi connectivity index (χ4v) is 2.56. The Kier molecular flexibility index (Phi) is 3.82. The van der Waals surface area contributed by atoms with E-state index in [0.717, 1.165) is 15.6 Å². The summed E-state index contributed by atoms with van der Waals surface area (Å²) in [4.78, 5) is 0. The van der Waals surface area contributed by atoms with Crippen molar-refractivity contribution in [3.8, 4) is 0 Å². The molecule has 0 saturated carbocycles. The number of benzene rings is 2. The number of rotatable bonds is 2. The molecule has 1 nitrogen and oxygen atoms in total. The van der Waals surface area contributed by atoms with Gasteiger partial charge in [-0.1, -0.05) is 45.7 Å². The zero-order chi connectivity index (χ0) is 12.4. The average molecular weight is 315 g/mol. The zero-order valence-corrected chi connectivity index (χ0v) is 11.2. The van der Waals surface area contributed by atoms with Gasteiger partial charge in [0.2, 0.25) is 0 Å². The van der Waals surface area contributed by atoms with Crippen molar-refractivity contribution in [2.75, 3.05) is 0 Å². The second-order valence-electron chi connectivity index (χ2n) is 3.70. The first-order valence-corrected chi connectivity index (χ1v) is 6.21. The molecule has 0 spiro atoms. The monoisotopic (exact) mass is 313 g/mol. The van der Waals surface area contributed by atoms with Gasteiger partial charge in [0.05, 0.1) is 6.04 Å². The van der Waals surface area contributed by atoms with Crippen LogP contribution in [0.5, 0.6) is 0 Å². The number of hydrogen-bond donors (Lipinski definition) is 1. The Hall–Kier alpha value is -0.900. The van der Waals surface area contributed by atoms with E-state index < -0.39 is 0 Å². The Morgan fingerprint density at radius 2 is 1.94 bits per heavy atom. The maximum atomic E-state index is 13.1. The fraction of sp³-hybridized carbons (Fsp3) is 0.0769. The van der Waals surface area contributed by atoms with Gasteiger partial charge in [-0.25, -0.2) is 4.39 Å². The van der Waals surface area contributed by atoms with E-state index >= 15 is 0 Å². The first-order valence-electron chi connectivity index (χ1n) is 5.04. The van der Waals surface area contributed by atoms with Gasteiger partial charge in [-0.2, -0.15) is 0 Å². The molecule has 0 aliphatic rings. The lowest BCUT2D eigenvalue weighted by Crippen LogP contribution is -2.12. The molecule has 0 heterocycles. The molecular weight excluding hydrogens is 305 g/mol. The Labute approximate surface area is 113 Å². The molecule has 1 atom stereocenters. The van der Waals surface area contributed by atoms with E-state index in [4.69, 9.17) is 17.3 Å². The van der Waals surface area contributed by atoms with Crippen LogP contribution in [0.3, 0.4) is 0 Å². The van der Waals surface area contributed by atoms with Crippen molar-refractivity contribution in [3.05, 3.63) is 68.9 Å². The molecule has 0 aliphatic carbocycles. The second-order valence-corrected chi connectivity index (χ2v) is 4.99. The Bertz CT molecular complexity index is 545. The van der Waals surface area contributed by atoms with Crippen molar-refractivity contribution in [2.45, 2.75) is 6.04 Å². The zero-order valence-electron chi connectivity index (χ0n) is 8.83. The topological polar surface area (TPSA) is 26.0 Å². The van der Waals surface area contributed by atoms with E-state index in [9.17, 15) is 4.39 Å². The Balaban J connectivity index is 2.40. The van der Waals surface area contributed by atoms with Gasteiger partial charge in [0.1, 0.15) is 5.82 Å². The summed E-state index contributed by atoms with van der Waals surface area (Å²) in [5.74, 6) is -0.289. The summed E-state index contributed by atoms with van der Waals surface area (Å²) in [5.41, 5.74) is 7.70. The molecule has 0 aliphatic heterocycles. The van der Waals surface area contributed by atoms with E-state index in [1.165, 1.54) is 12.1 Å². The number of hydrogen-bond acceptors (Lipinski definition) is 1. The van der Waals surface area contributed by atoms with E-state index in [-0.39, 0.29) is 11.9 Å². The third kappa shape index (κ3) is 2.86. The van der Waals surface area contributed by atoms with Crippen molar-refractivity contribution < 1.29 is 4.39 Å². The molecule has 17 heavy (non-hydrogen) atoms. The molecule has 0 radical (unpaired) electrons. The minimum Gasteiger partial charge on any atom is -0.320 e. The van der Waals surface area contributed by atoms with Gasteiger partial charge in [0.25, 0.3) is 0 Å². The summed E-state index contributed by atoms with van der Waals surface area (Å²) in [7, 11) is 0. The quantitative estimate of drug-likeness (QED) is 0.879. The molecule has 2 aromatic rings. The van der Waals surface area contributed by atoms with Crippen LogP contribution < -0.4 is 5.73 Å². The lowest BCUT2D eigenvalue weighted by Gasteiger charge is -2.14. The third-order valence-electron chi connectivity index (χ3n) is 2.51. The maximum absolute atomic E-state index is 13.1. The predicted octanol–water partition coefficient (Wildman–Crippen LogP) is 4.29. The Morgan fingerprint density at radius 1 is 1.18 bits per heavy atom. The highest BCUT2D eigenvalue weighted by atomic mass is 79.9. The van der Waals surface area contributed by atoms with Crippen molar-refractivity contribution in [3.63, 3.8) is 0 Å². The maximum Gasteiger partial charge on any atom is 0.123 e. The predicted molar refractivity (Wildman–Crippen MR) is 71.6 cm³/mol. The summed E-state index contributed by atoms with van der Waals surface area (Å²) in [6, 6.07) is 11.3. The van der Waals surface area contributed by atoms with E-state index in [1.807, 2.05) is 6.07 Å². The average Bonchev–Trinajstić information content (AvgIpc) is 2.28. The summed E-state index contributed by atoms with van der Waals surface area (Å²) in [6.45, 7) is 0. The van der Waals surface area contributed by atoms with Crippen molar-refractivity contribution in [2.24, 2.45) is 5.73 Å². The van der Waals surface area contributed by atoms with Crippen LogP contribution in [0.4, 0.5) is 4.39 Å². The molecule has 2 N–H and O–H groups in total. The molecule has 0 amide bonds. The highest BCUT2D eigenvalue weighted by Crippen LogP contribution is 2.29. The van der Waals surface area contributed by atoms with Crippen molar-refractivity contribution in [1.29, 1.82) is 0 Å². The van der Waals surface area contributed by atoms with Gasteiger partial charge in [0.15, 0.2) is 0 Å². The van der Waals surface area contributed by atoms with E-state index in [1.54, 1.807) is 24.3 Å². The minimum atomic E-state index is -0.377. The largest absolute Gasteiger partial charge is 0.320 e. The van der Waals surface area contributed by atoms with Crippen LogP contribution in [0.2, 0.25) is 5.02 Å². The highest BCUT2D eigenvalue weighted by molar-refractivity contribution is 9.10. The minimum absolute atomic E-state index is 0.289. The van der Waals surface area contributed by atoms with Gasteiger partial charge >= 0.3 is 0 Å². The van der Waals surface area contributed by atoms with Crippen LogP contribution >= 0.6 is 27.5 Å². The smallest absolute Gasteiger partial charge is 0.123 e. The lowest BCUT2D eigenvalue weighted by atomic mass is 10.00. The van der Waals surface area contributed by atoms with Gasteiger partial charge in [-0.05, 0) is 35.4 Å². The third-order valence-corrected chi connectivity index (χ3v) is 3.43. The van der Waals surface area contributed by atoms with Crippen molar-refractivity contribution >= 4 is 27.5 Å². The molecule has 0 aromatic heterocycles. The molecule has 1 unspecified atom stereocenters. The first-order chi connectivity index (χ1) is 8.08. The van der Waals surface area contributed by atoms with Gasteiger partial charge in [0, 0.05) is 9.50 Å². The number of halogens is 3. The van der Waals surface area contributed by atoms with E-state index in [2.05, 4.69) is 15.9 Å². The van der Waals surface area contributed by atoms with Crippen molar-refractivity contribution in [1.82, 2.24) is 0 Å². The molecule has 0 saturated heterocycles. The molecule has 0 bridgehead atoms. The summed E-state index contributed by atoms with van der Waals surface area (Å²) < 4.78 is 13.9. The van der Waals surface area contributed by atoms with E-state index in [0.29, 0.717) is 5.02 Å². The summed E-state index contributed by atoms with van der Waals surface area (Å²) in [6.07, 6.45) is 0. The van der Waals surface area contributed by atoms with Crippen LogP contribution in [0.15, 0.2) is 46.9 Å². The SMILES string of the molecule is NC(c1cccc(F)c1)c1ccc(Cl)cc1Br. The fourth-order valence-electron chi connectivity index (χ4n) is 1.63. The first kappa shape index (κ1) is 12.6. The molecule has 2 aromatic carbocycles. The normalized spacial score (nSPS) is 12.5. The summed E-state index contributed by atoms with van der Waals surface area (Å²) >= 11 is 9.27. The van der Waals surface area contributed by atoms with Gasteiger partial charge in [-0.3, -0.25) is 0 Å². The molecule has 2 rings (SSSR count). The lowest BCUT2D eigenvalue weighted by molar-refractivity contribution is 0.623. The van der Waals surface area contributed by atoms with Crippen LogP contribution in [0.1, 0.15) is 17.2 Å². The number of nitrogens with two attached hydrogens (primary N) is 1. The second kappa shape index (κ2) is 5.17.